The van der Waals surface area contributed by atoms with Crippen LogP contribution < -0.4 is 0 Å². The molecule has 26 heavy (non-hydrogen) atoms. The number of hydrogen-bond donors (Lipinski definition) is 0. The molecule has 0 N–H and O–H groups in total. The molecule has 0 heterocycles. The molecule has 3 aromatic carbocycles. The van der Waals surface area contributed by atoms with Crippen molar-refractivity contribution >= 4 is 53.1 Å². The van der Waals surface area contributed by atoms with Crippen molar-refractivity contribution in [2.24, 2.45) is 0 Å². The molecule has 0 aliphatic heterocycles. The molecule has 0 amide bonds. The molecule has 0 aromatic heterocycles. The minimum atomic E-state index is -1.49. The lowest BCUT2D eigenvalue weighted by Crippen LogP contribution is -1.93. The van der Waals surface area contributed by atoms with Gasteiger partial charge in [0.1, 0.15) is 0 Å². The lowest BCUT2D eigenvalue weighted by atomic mass is 10.4. The molecule has 0 unspecified atom stereocenters. The van der Waals surface area contributed by atoms with Crippen LogP contribution in [0.5, 0.6) is 0 Å². The highest BCUT2D eigenvalue weighted by Gasteiger charge is 2.19. The molecule has 0 atom stereocenters. The molecule has 5 heteroatoms. The van der Waals surface area contributed by atoms with Crippen molar-refractivity contribution < 1.29 is 0 Å². The summed E-state index contributed by atoms with van der Waals surface area (Å²) < 4.78 is 0. The van der Waals surface area contributed by atoms with E-state index in [2.05, 4.69) is 91.0 Å². The summed E-state index contributed by atoms with van der Waals surface area (Å²) in [7, 11) is 0. The molecule has 134 valence electrons. The third-order valence-electron chi connectivity index (χ3n) is 3.63. The minimum absolute atomic E-state index is 1.05. The Morgan fingerprint density at radius 2 is 0.769 bits per heavy atom. The van der Waals surface area contributed by atoms with E-state index >= 15 is 0 Å². The third-order valence-corrected chi connectivity index (χ3v) is 15.5. The predicted octanol–water partition coefficient (Wildman–Crippen LogP) is 7.72. The van der Waals surface area contributed by atoms with Crippen LogP contribution >= 0.6 is 41.3 Å². The average molecular weight is 433 g/mol. The van der Waals surface area contributed by atoms with E-state index in [-0.39, 0.29) is 0 Å². The largest absolute Gasteiger partial charge is 0.121 e. The summed E-state index contributed by atoms with van der Waals surface area (Å²) >= 11 is 12.0. The van der Waals surface area contributed by atoms with E-state index in [1.54, 1.807) is 0 Å². The van der Waals surface area contributed by atoms with E-state index in [1.165, 1.54) is 14.7 Å². The number of benzene rings is 3. The monoisotopic (exact) mass is 432 g/mol. The smallest absolute Gasteiger partial charge is 0.0289 e. The second-order valence-electron chi connectivity index (χ2n) is 5.82. The van der Waals surface area contributed by atoms with Gasteiger partial charge in [0.25, 0.3) is 0 Å². The first-order chi connectivity index (χ1) is 12.7. The van der Waals surface area contributed by atoms with Gasteiger partial charge >= 0.3 is 0 Å². The summed E-state index contributed by atoms with van der Waals surface area (Å²) in [6.45, 7) is 0. The van der Waals surface area contributed by atoms with Gasteiger partial charge in [-0.2, -0.15) is 0 Å². The Morgan fingerprint density at radius 1 is 0.500 bits per heavy atom. The molecule has 0 saturated heterocycles. The number of hydrogen-bond acceptors (Lipinski definition) is 4. The van der Waals surface area contributed by atoms with Crippen LogP contribution in [0.4, 0.5) is 0 Å². The third kappa shape index (κ3) is 6.83. The maximum Gasteiger partial charge on any atom is 0.0289 e. The van der Waals surface area contributed by atoms with Crippen LogP contribution in [0, 0.1) is 0 Å². The minimum Gasteiger partial charge on any atom is -0.121 e. The van der Waals surface area contributed by atoms with Gasteiger partial charge < -0.3 is 0 Å². The Bertz CT molecular complexity index is 709. The van der Waals surface area contributed by atoms with E-state index in [0.717, 1.165) is 16.5 Å². The molecule has 0 radical (unpaired) electrons. The summed E-state index contributed by atoms with van der Waals surface area (Å²) in [6, 6.07) is 30.4. The maximum atomic E-state index is 6.25. The Labute approximate surface area is 174 Å². The molecule has 0 spiro atoms. The van der Waals surface area contributed by atoms with Crippen LogP contribution in [-0.2, 0) is 11.8 Å². The fraction of sp³-hybridized carbons (Fsp3) is 0.143. The lowest BCUT2D eigenvalue weighted by Gasteiger charge is -2.21. The van der Waals surface area contributed by atoms with Crippen molar-refractivity contribution in [2.45, 2.75) is 14.7 Å². The normalized spacial score (nSPS) is 11.4. The van der Waals surface area contributed by atoms with Crippen LogP contribution in [0.3, 0.4) is 0 Å². The summed E-state index contributed by atoms with van der Waals surface area (Å²) in [5.74, 6) is 0. The van der Waals surface area contributed by atoms with Crippen molar-refractivity contribution in [3.05, 3.63) is 91.0 Å². The zero-order valence-electron chi connectivity index (χ0n) is 14.4. The SMILES string of the molecule is S=P(CSc1ccccc1)(CSc1ccccc1)CSc1ccccc1. The fourth-order valence-electron chi connectivity index (χ4n) is 2.24. The van der Waals surface area contributed by atoms with Crippen molar-refractivity contribution in [2.75, 3.05) is 16.5 Å². The van der Waals surface area contributed by atoms with Crippen molar-refractivity contribution in [1.82, 2.24) is 0 Å². The van der Waals surface area contributed by atoms with Crippen LogP contribution in [0.2, 0.25) is 0 Å². The zero-order valence-corrected chi connectivity index (χ0v) is 18.5. The number of rotatable bonds is 9. The second kappa shape index (κ2) is 10.6. The Hall–Kier alpha value is -0.640. The van der Waals surface area contributed by atoms with Gasteiger partial charge in [0.15, 0.2) is 0 Å². The van der Waals surface area contributed by atoms with Gasteiger partial charge in [0, 0.05) is 31.2 Å². The van der Waals surface area contributed by atoms with Gasteiger partial charge in [-0.05, 0) is 42.4 Å². The lowest BCUT2D eigenvalue weighted by molar-refractivity contribution is 1.46. The molecule has 0 aliphatic carbocycles. The standard InChI is InChI=1S/C21H21PS4/c23-22(16-24-19-10-4-1-5-11-19,17-25-20-12-6-2-7-13-20)18-26-21-14-8-3-9-15-21/h1-15H,16-18H2. The van der Waals surface area contributed by atoms with E-state index in [9.17, 15) is 0 Å². The zero-order chi connectivity index (χ0) is 18.1. The van der Waals surface area contributed by atoms with Gasteiger partial charge in [-0.15, -0.1) is 35.3 Å². The Morgan fingerprint density at radius 3 is 1.04 bits per heavy atom. The molecular weight excluding hydrogens is 411 g/mol. The predicted molar refractivity (Wildman–Crippen MR) is 126 cm³/mol. The highest BCUT2D eigenvalue weighted by Crippen LogP contribution is 2.56. The highest BCUT2D eigenvalue weighted by atomic mass is 32.5. The van der Waals surface area contributed by atoms with Crippen molar-refractivity contribution in [3.8, 4) is 0 Å². The van der Waals surface area contributed by atoms with E-state index in [1.807, 2.05) is 35.3 Å². The van der Waals surface area contributed by atoms with Crippen molar-refractivity contribution in [3.63, 3.8) is 0 Å². The summed E-state index contributed by atoms with van der Waals surface area (Å²) in [5, 5.41) is 0. The first kappa shape index (κ1) is 20.1. The van der Waals surface area contributed by atoms with Gasteiger partial charge in [0.2, 0.25) is 0 Å². The second-order valence-corrected chi connectivity index (χ2v) is 15.6. The summed E-state index contributed by atoms with van der Waals surface area (Å²) in [4.78, 5) is 3.95. The molecule has 0 fully saturated rings. The van der Waals surface area contributed by atoms with Gasteiger partial charge in [-0.3, -0.25) is 0 Å². The molecule has 0 saturated carbocycles. The van der Waals surface area contributed by atoms with Crippen LogP contribution in [0.25, 0.3) is 0 Å². The maximum absolute atomic E-state index is 6.25. The van der Waals surface area contributed by atoms with E-state index in [0.29, 0.717) is 0 Å². The molecule has 3 rings (SSSR count). The van der Waals surface area contributed by atoms with E-state index in [4.69, 9.17) is 11.8 Å². The Kier molecular flexibility index (Phi) is 8.22. The van der Waals surface area contributed by atoms with E-state index < -0.39 is 6.04 Å². The Balaban J connectivity index is 1.65. The summed E-state index contributed by atoms with van der Waals surface area (Å²) in [6.07, 6.45) is 0. The average Bonchev–Trinajstić information content (AvgIpc) is 2.72. The molecule has 0 aliphatic rings. The molecule has 0 nitrogen and oxygen atoms in total. The first-order valence-corrected chi connectivity index (χ1v) is 14.7. The van der Waals surface area contributed by atoms with Gasteiger partial charge in [-0.25, -0.2) is 0 Å². The van der Waals surface area contributed by atoms with Crippen LogP contribution in [0.1, 0.15) is 0 Å². The van der Waals surface area contributed by atoms with Crippen molar-refractivity contribution in [1.29, 1.82) is 0 Å². The number of thioether (sulfide) groups is 3. The molecule has 0 bridgehead atoms. The van der Waals surface area contributed by atoms with Gasteiger partial charge in [-0.1, -0.05) is 66.4 Å². The molecular formula is C21H21PS4. The van der Waals surface area contributed by atoms with Crippen LogP contribution in [0.15, 0.2) is 106 Å². The highest BCUT2D eigenvalue weighted by molar-refractivity contribution is 8.30. The first-order valence-electron chi connectivity index (χ1n) is 8.34. The van der Waals surface area contributed by atoms with Crippen LogP contribution in [-0.4, -0.2) is 16.5 Å². The fourth-order valence-corrected chi connectivity index (χ4v) is 12.2. The topological polar surface area (TPSA) is 0 Å². The molecule has 3 aromatic rings. The summed E-state index contributed by atoms with van der Waals surface area (Å²) in [5.41, 5.74) is 3.14. The quantitative estimate of drug-likeness (QED) is 0.251. The van der Waals surface area contributed by atoms with Gasteiger partial charge in [0.05, 0.1) is 0 Å².